The Morgan fingerprint density at radius 1 is 0.750 bits per heavy atom. The fourth-order valence-corrected chi connectivity index (χ4v) is 1.06. The summed E-state index contributed by atoms with van der Waals surface area (Å²) in [7, 11) is 0. The molecule has 0 aromatic heterocycles. The van der Waals surface area contributed by atoms with Gasteiger partial charge in [-0.2, -0.15) is 0 Å². The van der Waals surface area contributed by atoms with E-state index in [4.69, 9.17) is 24.1 Å². The minimum absolute atomic E-state index is 0.242. The predicted molar refractivity (Wildman–Crippen MR) is 67.5 cm³/mol. The molecule has 8 nitrogen and oxygen atoms in total. The van der Waals surface area contributed by atoms with E-state index in [0.29, 0.717) is 39.6 Å². The van der Waals surface area contributed by atoms with Crippen molar-refractivity contribution in [3.8, 4) is 0 Å². The normalized spacial score (nSPS) is 10.4. The zero-order valence-electron chi connectivity index (χ0n) is 11.7. The maximum atomic E-state index is 10.4. The second kappa shape index (κ2) is 14.2. The summed E-state index contributed by atoms with van der Waals surface area (Å²) in [6, 6.07) is 0. The molecule has 118 valence electrons. The van der Waals surface area contributed by atoms with Gasteiger partial charge in [0.2, 0.25) is 0 Å². The average molecular weight is 294 g/mol. The third-order valence-electron chi connectivity index (χ3n) is 1.87. The molecule has 0 aromatic carbocycles. The molecular formula is C12H22O8. The van der Waals surface area contributed by atoms with Crippen LogP contribution in [0.25, 0.3) is 0 Å². The average Bonchev–Trinajstić information content (AvgIpc) is 2.38. The zero-order chi connectivity index (χ0) is 15.1. The number of carboxylic acid groups (broad SMARTS) is 1. The molecule has 0 fully saturated rings. The standard InChI is InChI=1S/C12H22O8/c1-11(13)20-9-8-18-5-4-16-2-3-17-6-7-19-10-12(14)15/h2-10H2,1H3,(H,14,15). The van der Waals surface area contributed by atoms with Gasteiger partial charge in [0, 0.05) is 6.92 Å². The number of ether oxygens (including phenoxy) is 5. The zero-order valence-corrected chi connectivity index (χ0v) is 11.7. The fourth-order valence-electron chi connectivity index (χ4n) is 1.06. The largest absolute Gasteiger partial charge is 0.480 e. The van der Waals surface area contributed by atoms with Crippen molar-refractivity contribution in [1.29, 1.82) is 0 Å². The molecule has 0 bridgehead atoms. The van der Waals surface area contributed by atoms with Crippen molar-refractivity contribution in [1.82, 2.24) is 0 Å². The molecule has 0 spiro atoms. The summed E-state index contributed by atoms with van der Waals surface area (Å²) in [5.41, 5.74) is 0. The first kappa shape index (κ1) is 18.8. The Kier molecular flexibility index (Phi) is 13.3. The third-order valence-corrected chi connectivity index (χ3v) is 1.87. The first-order chi connectivity index (χ1) is 9.63. The van der Waals surface area contributed by atoms with Gasteiger partial charge in [-0.15, -0.1) is 0 Å². The maximum absolute atomic E-state index is 10.4. The molecule has 0 atom stereocenters. The number of esters is 1. The van der Waals surface area contributed by atoms with Crippen LogP contribution in [0.3, 0.4) is 0 Å². The molecule has 0 saturated heterocycles. The highest BCUT2D eigenvalue weighted by molar-refractivity contribution is 5.68. The molecule has 0 unspecified atom stereocenters. The van der Waals surface area contributed by atoms with E-state index in [1.807, 2.05) is 0 Å². The summed E-state index contributed by atoms with van der Waals surface area (Å²) in [6.45, 7) is 3.87. The van der Waals surface area contributed by atoms with Gasteiger partial charge in [0.1, 0.15) is 13.2 Å². The molecule has 8 heteroatoms. The monoisotopic (exact) mass is 294 g/mol. The Hall–Kier alpha value is -1.22. The van der Waals surface area contributed by atoms with Crippen molar-refractivity contribution in [2.24, 2.45) is 0 Å². The highest BCUT2D eigenvalue weighted by atomic mass is 16.6. The molecule has 0 aromatic rings. The number of carbonyl (C=O) groups is 2. The van der Waals surface area contributed by atoms with E-state index in [-0.39, 0.29) is 25.8 Å². The quantitative estimate of drug-likeness (QED) is 0.344. The van der Waals surface area contributed by atoms with E-state index < -0.39 is 5.97 Å². The van der Waals surface area contributed by atoms with Crippen LogP contribution in [-0.4, -0.2) is 76.5 Å². The highest BCUT2D eigenvalue weighted by Gasteiger charge is 1.96. The van der Waals surface area contributed by atoms with E-state index in [9.17, 15) is 9.59 Å². The number of aliphatic carboxylic acids is 1. The SMILES string of the molecule is CC(=O)OCCOCCOCCOCCOCC(=O)O. The van der Waals surface area contributed by atoms with Crippen molar-refractivity contribution in [3.05, 3.63) is 0 Å². The van der Waals surface area contributed by atoms with E-state index in [1.165, 1.54) is 6.92 Å². The summed E-state index contributed by atoms with van der Waals surface area (Å²) < 4.78 is 25.0. The number of carbonyl (C=O) groups excluding carboxylic acids is 1. The molecule has 0 aliphatic heterocycles. The summed E-state index contributed by atoms with van der Waals surface area (Å²) in [5, 5.41) is 8.30. The molecule has 0 amide bonds. The lowest BCUT2D eigenvalue weighted by Crippen LogP contribution is -2.15. The van der Waals surface area contributed by atoms with Crippen LogP contribution in [0.1, 0.15) is 6.92 Å². The highest BCUT2D eigenvalue weighted by Crippen LogP contribution is 1.84. The molecule has 0 saturated carbocycles. The van der Waals surface area contributed by atoms with Gasteiger partial charge in [0.05, 0.1) is 46.2 Å². The number of carboxylic acids is 1. The van der Waals surface area contributed by atoms with Crippen LogP contribution in [0.4, 0.5) is 0 Å². The van der Waals surface area contributed by atoms with Gasteiger partial charge in [-0.25, -0.2) is 4.79 Å². The van der Waals surface area contributed by atoms with Crippen molar-refractivity contribution in [2.75, 3.05) is 59.5 Å². The summed E-state index contributed by atoms with van der Waals surface area (Å²) >= 11 is 0. The Balaban J connectivity index is 2.99. The summed E-state index contributed by atoms with van der Waals surface area (Å²) in [4.78, 5) is 20.5. The summed E-state index contributed by atoms with van der Waals surface area (Å²) in [6.07, 6.45) is 0. The van der Waals surface area contributed by atoms with Gasteiger partial charge in [-0.05, 0) is 0 Å². The Morgan fingerprint density at radius 3 is 1.55 bits per heavy atom. The lowest BCUT2D eigenvalue weighted by molar-refractivity contribution is -0.143. The van der Waals surface area contributed by atoms with Crippen LogP contribution in [0.15, 0.2) is 0 Å². The van der Waals surface area contributed by atoms with Crippen molar-refractivity contribution in [2.45, 2.75) is 6.92 Å². The van der Waals surface area contributed by atoms with Crippen molar-refractivity contribution >= 4 is 11.9 Å². The molecule has 0 aliphatic rings. The minimum Gasteiger partial charge on any atom is -0.480 e. The van der Waals surface area contributed by atoms with Crippen LogP contribution >= 0.6 is 0 Å². The Bertz CT molecular complexity index is 230. The predicted octanol–water partition coefficient (Wildman–Crippen LogP) is -0.299. The van der Waals surface area contributed by atoms with Crippen molar-refractivity contribution in [3.63, 3.8) is 0 Å². The molecule has 20 heavy (non-hydrogen) atoms. The van der Waals surface area contributed by atoms with Crippen LogP contribution in [0.5, 0.6) is 0 Å². The van der Waals surface area contributed by atoms with Gasteiger partial charge >= 0.3 is 11.9 Å². The smallest absolute Gasteiger partial charge is 0.329 e. The Labute approximate surface area is 117 Å². The van der Waals surface area contributed by atoms with E-state index in [0.717, 1.165) is 0 Å². The van der Waals surface area contributed by atoms with E-state index in [1.54, 1.807) is 0 Å². The number of rotatable bonds is 14. The molecule has 0 heterocycles. The lowest BCUT2D eigenvalue weighted by atomic mass is 10.7. The van der Waals surface area contributed by atoms with Gasteiger partial charge in [0.25, 0.3) is 0 Å². The van der Waals surface area contributed by atoms with Gasteiger partial charge in [-0.1, -0.05) is 0 Å². The molecule has 0 radical (unpaired) electrons. The second-order valence-electron chi connectivity index (χ2n) is 3.62. The third kappa shape index (κ3) is 16.8. The van der Waals surface area contributed by atoms with Crippen LogP contribution in [0.2, 0.25) is 0 Å². The molecular weight excluding hydrogens is 272 g/mol. The lowest BCUT2D eigenvalue weighted by Gasteiger charge is -2.07. The van der Waals surface area contributed by atoms with E-state index in [2.05, 4.69) is 4.74 Å². The topological polar surface area (TPSA) is 101 Å². The van der Waals surface area contributed by atoms with Gasteiger partial charge < -0.3 is 28.8 Å². The van der Waals surface area contributed by atoms with Gasteiger partial charge in [-0.3, -0.25) is 4.79 Å². The van der Waals surface area contributed by atoms with Crippen molar-refractivity contribution < 1.29 is 38.4 Å². The molecule has 0 rings (SSSR count). The number of hydrogen-bond acceptors (Lipinski definition) is 7. The Morgan fingerprint density at radius 2 is 1.15 bits per heavy atom. The molecule has 1 N–H and O–H groups in total. The van der Waals surface area contributed by atoms with Gasteiger partial charge in [0.15, 0.2) is 0 Å². The number of hydrogen-bond donors (Lipinski definition) is 1. The van der Waals surface area contributed by atoms with Crippen LogP contribution in [-0.2, 0) is 33.3 Å². The van der Waals surface area contributed by atoms with E-state index >= 15 is 0 Å². The first-order valence-electron chi connectivity index (χ1n) is 6.29. The summed E-state index contributed by atoms with van der Waals surface area (Å²) in [5.74, 6) is -1.32. The minimum atomic E-state index is -0.998. The molecule has 0 aliphatic carbocycles. The fraction of sp³-hybridized carbons (Fsp3) is 0.833. The maximum Gasteiger partial charge on any atom is 0.329 e. The second-order valence-corrected chi connectivity index (χ2v) is 3.62. The van der Waals surface area contributed by atoms with Crippen LogP contribution in [0, 0.1) is 0 Å². The first-order valence-corrected chi connectivity index (χ1v) is 6.29. The van der Waals surface area contributed by atoms with Crippen LogP contribution < -0.4 is 0 Å².